The summed E-state index contributed by atoms with van der Waals surface area (Å²) in [5, 5.41) is 12.1. The molecule has 0 fully saturated rings. The molecule has 0 aliphatic rings. The summed E-state index contributed by atoms with van der Waals surface area (Å²) in [5.74, 6) is -1.93. The zero-order chi connectivity index (χ0) is 14.2. The first-order valence-corrected chi connectivity index (χ1v) is 5.18. The number of benzene rings is 1. The van der Waals surface area contributed by atoms with Gasteiger partial charge >= 0.3 is 6.55 Å². The SMILES string of the molecule is Cc1cc(-c2cc(F)c(C#N)cc2F)n(C(F)F)n1. The number of halogens is 4. The van der Waals surface area contributed by atoms with Crippen molar-refractivity contribution in [2.24, 2.45) is 0 Å². The lowest BCUT2D eigenvalue weighted by Gasteiger charge is -2.07. The van der Waals surface area contributed by atoms with E-state index in [0.717, 1.165) is 0 Å². The molecule has 0 unspecified atom stereocenters. The lowest BCUT2D eigenvalue weighted by Crippen LogP contribution is -2.04. The van der Waals surface area contributed by atoms with E-state index in [2.05, 4.69) is 5.10 Å². The van der Waals surface area contributed by atoms with E-state index >= 15 is 0 Å². The van der Waals surface area contributed by atoms with E-state index in [0.29, 0.717) is 16.8 Å². The molecule has 0 aliphatic carbocycles. The number of hydrogen-bond acceptors (Lipinski definition) is 2. The Bertz CT molecular complexity index is 670. The van der Waals surface area contributed by atoms with Crippen LogP contribution in [-0.4, -0.2) is 9.78 Å². The van der Waals surface area contributed by atoms with Gasteiger partial charge in [-0.2, -0.15) is 19.1 Å². The average Bonchev–Trinajstić information content (AvgIpc) is 2.73. The molecule has 0 radical (unpaired) electrons. The van der Waals surface area contributed by atoms with Crippen molar-refractivity contribution in [2.75, 3.05) is 0 Å². The fourth-order valence-electron chi connectivity index (χ4n) is 1.70. The lowest BCUT2D eigenvalue weighted by molar-refractivity contribution is 0.0581. The van der Waals surface area contributed by atoms with Crippen LogP contribution < -0.4 is 0 Å². The minimum absolute atomic E-state index is 0.242. The van der Waals surface area contributed by atoms with E-state index in [-0.39, 0.29) is 17.0 Å². The van der Waals surface area contributed by atoms with Crippen molar-refractivity contribution in [3.63, 3.8) is 0 Å². The van der Waals surface area contributed by atoms with Crippen molar-refractivity contribution >= 4 is 0 Å². The standard InChI is InChI=1S/C12H7F4N3/c1-6-2-11(19(18-6)12(15)16)8-4-9(13)7(5-17)3-10(8)14/h2-4,12H,1H3. The summed E-state index contributed by atoms with van der Waals surface area (Å²) in [5.41, 5.74) is -0.841. The second kappa shape index (κ2) is 4.72. The highest BCUT2D eigenvalue weighted by Gasteiger charge is 2.19. The van der Waals surface area contributed by atoms with Crippen molar-refractivity contribution < 1.29 is 17.6 Å². The summed E-state index contributed by atoms with van der Waals surface area (Å²) in [6.07, 6.45) is 0. The van der Waals surface area contributed by atoms with Crippen LogP contribution in [-0.2, 0) is 0 Å². The molecule has 7 heteroatoms. The quantitative estimate of drug-likeness (QED) is 0.784. The van der Waals surface area contributed by atoms with Crippen LogP contribution in [0.5, 0.6) is 0 Å². The Morgan fingerprint density at radius 1 is 1.21 bits per heavy atom. The number of rotatable bonds is 2. The smallest absolute Gasteiger partial charge is 0.206 e. The zero-order valence-electron chi connectivity index (χ0n) is 9.66. The van der Waals surface area contributed by atoms with Gasteiger partial charge in [0.1, 0.15) is 17.7 Å². The number of alkyl halides is 2. The van der Waals surface area contributed by atoms with E-state index < -0.39 is 23.7 Å². The number of nitriles is 1. The Morgan fingerprint density at radius 3 is 2.47 bits per heavy atom. The molecule has 2 aromatic rings. The molecule has 0 aliphatic heterocycles. The lowest BCUT2D eigenvalue weighted by atomic mass is 10.1. The average molecular weight is 269 g/mol. The molecule has 0 bridgehead atoms. The molecule has 1 aromatic carbocycles. The molecule has 0 amide bonds. The van der Waals surface area contributed by atoms with E-state index in [9.17, 15) is 17.6 Å². The van der Waals surface area contributed by atoms with Crippen LogP contribution in [0, 0.1) is 29.9 Å². The van der Waals surface area contributed by atoms with Gasteiger partial charge in [0.05, 0.1) is 17.0 Å². The van der Waals surface area contributed by atoms with Gasteiger partial charge < -0.3 is 0 Å². The molecule has 98 valence electrons. The number of hydrogen-bond donors (Lipinski definition) is 0. The van der Waals surface area contributed by atoms with Crippen LogP contribution in [0.25, 0.3) is 11.3 Å². The Hall–Kier alpha value is -2.36. The van der Waals surface area contributed by atoms with Crippen molar-refractivity contribution in [2.45, 2.75) is 13.5 Å². The van der Waals surface area contributed by atoms with Crippen LogP contribution in [0.3, 0.4) is 0 Å². The number of nitrogens with zero attached hydrogens (tertiary/aromatic N) is 3. The molecule has 19 heavy (non-hydrogen) atoms. The van der Waals surface area contributed by atoms with Crippen LogP contribution in [0.2, 0.25) is 0 Å². The molecular formula is C12H7F4N3. The Morgan fingerprint density at radius 2 is 1.89 bits per heavy atom. The second-order valence-corrected chi connectivity index (χ2v) is 3.82. The molecular weight excluding hydrogens is 262 g/mol. The van der Waals surface area contributed by atoms with Crippen LogP contribution in [0.4, 0.5) is 17.6 Å². The van der Waals surface area contributed by atoms with Gasteiger partial charge in [-0.15, -0.1) is 0 Å². The number of aromatic nitrogens is 2. The summed E-state index contributed by atoms with van der Waals surface area (Å²) < 4.78 is 53.0. The van der Waals surface area contributed by atoms with E-state index in [1.165, 1.54) is 19.1 Å². The Balaban J connectivity index is 2.66. The van der Waals surface area contributed by atoms with E-state index in [4.69, 9.17) is 5.26 Å². The first-order chi connectivity index (χ1) is 8.93. The van der Waals surface area contributed by atoms with Gasteiger partial charge in [-0.1, -0.05) is 0 Å². The molecule has 0 atom stereocenters. The second-order valence-electron chi connectivity index (χ2n) is 3.82. The molecule has 0 spiro atoms. The fourth-order valence-corrected chi connectivity index (χ4v) is 1.70. The third-order valence-electron chi connectivity index (χ3n) is 2.50. The van der Waals surface area contributed by atoms with Gasteiger partial charge in [0, 0.05) is 5.56 Å². The first kappa shape index (κ1) is 13.1. The highest BCUT2D eigenvalue weighted by molar-refractivity contribution is 5.62. The van der Waals surface area contributed by atoms with E-state index in [1.807, 2.05) is 0 Å². The first-order valence-electron chi connectivity index (χ1n) is 5.18. The molecule has 0 saturated carbocycles. The van der Waals surface area contributed by atoms with Crippen molar-refractivity contribution in [3.05, 3.63) is 41.1 Å². The third kappa shape index (κ3) is 2.29. The minimum atomic E-state index is -2.97. The molecule has 0 N–H and O–H groups in total. The predicted molar refractivity (Wildman–Crippen MR) is 58.3 cm³/mol. The minimum Gasteiger partial charge on any atom is -0.206 e. The normalized spacial score (nSPS) is 10.8. The van der Waals surface area contributed by atoms with Gasteiger partial charge in [0.15, 0.2) is 0 Å². The molecule has 3 nitrogen and oxygen atoms in total. The van der Waals surface area contributed by atoms with Crippen LogP contribution in [0.1, 0.15) is 17.8 Å². The zero-order valence-corrected chi connectivity index (χ0v) is 9.66. The largest absolute Gasteiger partial charge is 0.333 e. The topological polar surface area (TPSA) is 41.6 Å². The van der Waals surface area contributed by atoms with Crippen molar-refractivity contribution in [3.8, 4) is 17.3 Å². The van der Waals surface area contributed by atoms with Gasteiger partial charge in [-0.3, -0.25) is 0 Å². The Kier molecular flexibility index (Phi) is 3.25. The summed E-state index contributed by atoms with van der Waals surface area (Å²) >= 11 is 0. The molecule has 0 saturated heterocycles. The summed E-state index contributed by atoms with van der Waals surface area (Å²) in [6, 6.07) is 4.07. The van der Waals surface area contributed by atoms with Gasteiger partial charge in [-0.25, -0.2) is 13.5 Å². The summed E-state index contributed by atoms with van der Waals surface area (Å²) in [4.78, 5) is 0. The highest BCUT2D eigenvalue weighted by Crippen LogP contribution is 2.29. The Labute approximate surface area is 105 Å². The summed E-state index contributed by atoms with van der Waals surface area (Å²) in [6.45, 7) is -1.51. The fraction of sp³-hybridized carbons (Fsp3) is 0.167. The van der Waals surface area contributed by atoms with Crippen molar-refractivity contribution in [1.82, 2.24) is 9.78 Å². The monoisotopic (exact) mass is 269 g/mol. The predicted octanol–water partition coefficient (Wildman–Crippen LogP) is 3.40. The van der Waals surface area contributed by atoms with Gasteiger partial charge in [0.2, 0.25) is 0 Å². The van der Waals surface area contributed by atoms with Gasteiger partial charge in [-0.05, 0) is 25.1 Å². The maximum Gasteiger partial charge on any atom is 0.333 e. The number of aryl methyl sites for hydroxylation is 1. The molecule has 2 rings (SSSR count). The van der Waals surface area contributed by atoms with Gasteiger partial charge in [0.25, 0.3) is 0 Å². The van der Waals surface area contributed by atoms with E-state index in [1.54, 1.807) is 0 Å². The maximum absolute atomic E-state index is 13.8. The van der Waals surface area contributed by atoms with Crippen molar-refractivity contribution in [1.29, 1.82) is 5.26 Å². The van der Waals surface area contributed by atoms with Crippen LogP contribution >= 0.6 is 0 Å². The maximum atomic E-state index is 13.8. The van der Waals surface area contributed by atoms with Crippen LogP contribution in [0.15, 0.2) is 18.2 Å². The summed E-state index contributed by atoms with van der Waals surface area (Å²) in [7, 11) is 0. The molecule has 1 aromatic heterocycles. The highest BCUT2D eigenvalue weighted by atomic mass is 19.3. The molecule has 1 heterocycles. The third-order valence-corrected chi connectivity index (χ3v) is 2.50.